The van der Waals surface area contributed by atoms with Crippen LogP contribution in [0.2, 0.25) is 0 Å². The molecular formula is C15H21NO2. The fourth-order valence-electron chi connectivity index (χ4n) is 2.94. The number of benzene rings is 1. The lowest BCUT2D eigenvalue weighted by molar-refractivity contribution is -0.153. The highest BCUT2D eigenvalue weighted by atomic mass is 16.5. The number of hydrogen-bond donors (Lipinski definition) is 1. The molecule has 0 radical (unpaired) electrons. The van der Waals surface area contributed by atoms with Gasteiger partial charge in [0.1, 0.15) is 11.9 Å². The van der Waals surface area contributed by atoms with Gasteiger partial charge in [-0.1, -0.05) is 12.1 Å². The third-order valence-electron chi connectivity index (χ3n) is 4.15. The second-order valence-electron chi connectivity index (χ2n) is 5.47. The van der Waals surface area contributed by atoms with Gasteiger partial charge in [-0.3, -0.25) is 0 Å². The van der Waals surface area contributed by atoms with Crippen molar-refractivity contribution < 1.29 is 9.47 Å². The van der Waals surface area contributed by atoms with Crippen molar-refractivity contribution in [3.8, 4) is 5.75 Å². The number of rotatable bonds is 3. The Kier molecular flexibility index (Phi) is 3.27. The summed E-state index contributed by atoms with van der Waals surface area (Å²) in [6.45, 7) is 1.40. The summed E-state index contributed by atoms with van der Waals surface area (Å²) >= 11 is 0. The molecular weight excluding hydrogens is 226 g/mol. The lowest BCUT2D eigenvalue weighted by Gasteiger charge is -2.46. The molecule has 2 fully saturated rings. The smallest absolute Gasteiger partial charge is 0.120 e. The Morgan fingerprint density at radius 2 is 2.28 bits per heavy atom. The Hall–Kier alpha value is -1.06. The Balaban J connectivity index is 1.64. The van der Waals surface area contributed by atoms with Crippen LogP contribution < -0.4 is 10.5 Å². The van der Waals surface area contributed by atoms with Crippen molar-refractivity contribution in [3.05, 3.63) is 29.8 Å². The van der Waals surface area contributed by atoms with Gasteiger partial charge in [-0.2, -0.15) is 0 Å². The van der Waals surface area contributed by atoms with Crippen molar-refractivity contribution in [2.24, 2.45) is 5.73 Å². The number of hydrogen-bond acceptors (Lipinski definition) is 3. The molecule has 0 bridgehead atoms. The van der Waals surface area contributed by atoms with E-state index in [4.69, 9.17) is 15.2 Å². The van der Waals surface area contributed by atoms with Crippen LogP contribution in [0.4, 0.5) is 0 Å². The summed E-state index contributed by atoms with van der Waals surface area (Å²) in [5, 5.41) is 0. The van der Waals surface area contributed by atoms with Gasteiger partial charge in [-0.15, -0.1) is 0 Å². The van der Waals surface area contributed by atoms with Crippen LogP contribution in [-0.4, -0.2) is 18.3 Å². The Morgan fingerprint density at radius 1 is 1.39 bits per heavy atom. The fraction of sp³-hybridized carbons (Fsp3) is 0.600. The van der Waals surface area contributed by atoms with E-state index in [2.05, 4.69) is 0 Å². The van der Waals surface area contributed by atoms with E-state index in [1.165, 1.54) is 19.3 Å². The molecule has 1 aromatic carbocycles. The Bertz CT molecular complexity index is 415. The molecule has 2 aliphatic rings. The van der Waals surface area contributed by atoms with E-state index in [1.54, 1.807) is 0 Å². The van der Waals surface area contributed by atoms with Gasteiger partial charge in [-0.25, -0.2) is 0 Å². The summed E-state index contributed by atoms with van der Waals surface area (Å²) in [4.78, 5) is 0. The molecule has 1 saturated heterocycles. The van der Waals surface area contributed by atoms with E-state index in [9.17, 15) is 0 Å². The molecule has 3 heteroatoms. The van der Waals surface area contributed by atoms with Crippen LogP contribution in [-0.2, 0) is 11.3 Å². The number of ether oxygens (including phenoxy) is 2. The second kappa shape index (κ2) is 4.90. The lowest BCUT2D eigenvalue weighted by Crippen LogP contribution is -2.48. The first-order chi connectivity index (χ1) is 8.80. The van der Waals surface area contributed by atoms with Crippen molar-refractivity contribution in [1.29, 1.82) is 0 Å². The van der Waals surface area contributed by atoms with E-state index < -0.39 is 0 Å². The average Bonchev–Trinajstić information content (AvgIpc) is 2.37. The number of nitrogens with two attached hydrogens (primary N) is 1. The molecule has 0 aromatic heterocycles. The van der Waals surface area contributed by atoms with Crippen LogP contribution >= 0.6 is 0 Å². The minimum atomic E-state index is 0.147. The van der Waals surface area contributed by atoms with Crippen LogP contribution in [0.3, 0.4) is 0 Å². The summed E-state index contributed by atoms with van der Waals surface area (Å²) in [5.74, 6) is 0.944. The predicted molar refractivity (Wildman–Crippen MR) is 70.5 cm³/mol. The first-order valence-corrected chi connectivity index (χ1v) is 6.89. The summed E-state index contributed by atoms with van der Waals surface area (Å²) in [5.41, 5.74) is 6.92. The molecule has 1 spiro atoms. The SMILES string of the molecule is NCc1cccc(OC2CCOC3(CCC3)C2)c1. The van der Waals surface area contributed by atoms with Crippen LogP contribution in [0, 0.1) is 0 Å². The molecule has 0 amide bonds. The standard InChI is InChI=1S/C15H21NO2/c16-11-12-3-1-4-13(9-12)18-14-5-8-17-15(10-14)6-2-7-15/h1,3-4,9,14H,2,5-8,10-11,16H2. The molecule has 1 aliphatic heterocycles. The first kappa shape index (κ1) is 12.0. The van der Waals surface area contributed by atoms with Gasteiger partial charge < -0.3 is 15.2 Å². The average molecular weight is 247 g/mol. The van der Waals surface area contributed by atoms with Crippen LogP contribution in [0.15, 0.2) is 24.3 Å². The summed E-state index contributed by atoms with van der Waals surface area (Å²) in [6, 6.07) is 8.10. The third kappa shape index (κ3) is 2.38. The van der Waals surface area contributed by atoms with Gasteiger partial charge in [0.25, 0.3) is 0 Å². The molecule has 3 nitrogen and oxygen atoms in total. The van der Waals surface area contributed by atoms with Crippen LogP contribution in [0.5, 0.6) is 5.75 Å². The molecule has 1 heterocycles. The van der Waals surface area contributed by atoms with Gasteiger partial charge in [0.2, 0.25) is 0 Å². The third-order valence-corrected chi connectivity index (χ3v) is 4.15. The zero-order chi connectivity index (χ0) is 12.4. The minimum Gasteiger partial charge on any atom is -0.490 e. The largest absolute Gasteiger partial charge is 0.490 e. The Morgan fingerprint density at radius 3 is 3.00 bits per heavy atom. The van der Waals surface area contributed by atoms with E-state index in [0.717, 1.165) is 30.8 Å². The highest BCUT2D eigenvalue weighted by Crippen LogP contribution is 2.43. The fourth-order valence-corrected chi connectivity index (χ4v) is 2.94. The summed E-state index contributed by atoms with van der Waals surface area (Å²) in [7, 11) is 0. The van der Waals surface area contributed by atoms with E-state index in [0.29, 0.717) is 12.6 Å². The molecule has 1 unspecified atom stereocenters. The minimum absolute atomic E-state index is 0.147. The van der Waals surface area contributed by atoms with E-state index in [1.807, 2.05) is 24.3 Å². The van der Waals surface area contributed by atoms with Gasteiger partial charge in [0.05, 0.1) is 12.2 Å². The van der Waals surface area contributed by atoms with Crippen molar-refractivity contribution in [2.45, 2.75) is 50.4 Å². The predicted octanol–water partition coefficient (Wildman–Crippen LogP) is 2.63. The van der Waals surface area contributed by atoms with Crippen molar-refractivity contribution in [1.82, 2.24) is 0 Å². The maximum Gasteiger partial charge on any atom is 0.120 e. The van der Waals surface area contributed by atoms with E-state index in [-0.39, 0.29) is 5.60 Å². The van der Waals surface area contributed by atoms with Gasteiger partial charge in [0.15, 0.2) is 0 Å². The van der Waals surface area contributed by atoms with Gasteiger partial charge >= 0.3 is 0 Å². The van der Waals surface area contributed by atoms with Crippen LogP contribution in [0.25, 0.3) is 0 Å². The lowest BCUT2D eigenvalue weighted by atomic mass is 9.74. The quantitative estimate of drug-likeness (QED) is 0.893. The first-order valence-electron chi connectivity index (χ1n) is 6.89. The van der Waals surface area contributed by atoms with Crippen LogP contribution in [0.1, 0.15) is 37.7 Å². The zero-order valence-electron chi connectivity index (χ0n) is 10.7. The molecule has 1 aromatic rings. The molecule has 3 rings (SSSR count). The van der Waals surface area contributed by atoms with Gasteiger partial charge in [-0.05, 0) is 37.0 Å². The van der Waals surface area contributed by atoms with Crippen molar-refractivity contribution >= 4 is 0 Å². The highest BCUT2D eigenvalue weighted by molar-refractivity contribution is 5.28. The Labute approximate surface area is 108 Å². The highest BCUT2D eigenvalue weighted by Gasteiger charge is 2.43. The van der Waals surface area contributed by atoms with Crippen molar-refractivity contribution in [2.75, 3.05) is 6.61 Å². The summed E-state index contributed by atoms with van der Waals surface area (Å²) < 4.78 is 12.0. The summed E-state index contributed by atoms with van der Waals surface area (Å²) in [6.07, 6.45) is 6.04. The molecule has 1 atom stereocenters. The normalized spacial score (nSPS) is 25.7. The maximum absolute atomic E-state index is 6.09. The molecule has 98 valence electrons. The molecule has 1 aliphatic carbocycles. The topological polar surface area (TPSA) is 44.5 Å². The maximum atomic E-state index is 6.09. The monoisotopic (exact) mass is 247 g/mol. The van der Waals surface area contributed by atoms with E-state index >= 15 is 0 Å². The van der Waals surface area contributed by atoms with Crippen molar-refractivity contribution in [3.63, 3.8) is 0 Å². The molecule has 2 N–H and O–H groups in total. The van der Waals surface area contributed by atoms with Gasteiger partial charge in [0, 0.05) is 19.4 Å². The molecule has 1 saturated carbocycles. The zero-order valence-corrected chi connectivity index (χ0v) is 10.7. The second-order valence-corrected chi connectivity index (χ2v) is 5.47. The molecule has 18 heavy (non-hydrogen) atoms.